The number of nitriles is 1. The highest BCUT2D eigenvalue weighted by Gasteiger charge is 2.11. The van der Waals surface area contributed by atoms with E-state index < -0.39 is 0 Å². The van der Waals surface area contributed by atoms with Crippen molar-refractivity contribution in [1.82, 2.24) is 4.90 Å². The molecular weight excluding hydrogens is 268 g/mol. The van der Waals surface area contributed by atoms with Crippen LogP contribution in [0.4, 0.5) is 0 Å². The molecule has 1 aromatic carbocycles. The van der Waals surface area contributed by atoms with Gasteiger partial charge in [0.25, 0.3) is 0 Å². The minimum Gasteiger partial charge on any atom is -0.496 e. The van der Waals surface area contributed by atoms with Crippen LogP contribution in [-0.4, -0.2) is 52.5 Å². The van der Waals surface area contributed by atoms with Gasteiger partial charge in [-0.2, -0.15) is 5.26 Å². The first-order valence-electron chi connectivity index (χ1n) is 7.02. The van der Waals surface area contributed by atoms with E-state index in [2.05, 4.69) is 11.0 Å². The highest BCUT2D eigenvalue weighted by atomic mass is 16.5. The van der Waals surface area contributed by atoms with Gasteiger partial charge in [0.1, 0.15) is 5.75 Å². The lowest BCUT2D eigenvalue weighted by molar-refractivity contribution is 0.128. The van der Waals surface area contributed by atoms with Crippen molar-refractivity contribution in [1.29, 1.82) is 5.26 Å². The monoisotopic (exact) mass is 292 g/mol. The molecule has 0 unspecified atom stereocenters. The fourth-order valence-electron chi connectivity index (χ4n) is 2.14. The molecule has 1 rings (SSSR count). The van der Waals surface area contributed by atoms with Gasteiger partial charge < -0.3 is 14.2 Å². The summed E-state index contributed by atoms with van der Waals surface area (Å²) in [6.45, 7) is 3.88. The van der Waals surface area contributed by atoms with Crippen LogP contribution < -0.4 is 4.74 Å². The average Bonchev–Trinajstić information content (AvgIpc) is 2.52. The summed E-state index contributed by atoms with van der Waals surface area (Å²) in [5, 5.41) is 9.03. The molecule has 0 amide bonds. The van der Waals surface area contributed by atoms with Crippen LogP contribution in [0.2, 0.25) is 0 Å². The lowest BCUT2D eigenvalue weighted by Gasteiger charge is -2.23. The molecule has 0 aliphatic heterocycles. The molecule has 21 heavy (non-hydrogen) atoms. The van der Waals surface area contributed by atoms with Crippen molar-refractivity contribution in [2.75, 3.05) is 47.6 Å². The fourth-order valence-corrected chi connectivity index (χ4v) is 2.14. The third kappa shape index (κ3) is 6.13. The summed E-state index contributed by atoms with van der Waals surface area (Å²) in [7, 11) is 5.05. The van der Waals surface area contributed by atoms with Gasteiger partial charge in [0.2, 0.25) is 0 Å². The van der Waals surface area contributed by atoms with Crippen molar-refractivity contribution in [2.24, 2.45) is 0 Å². The second kappa shape index (κ2) is 10.2. The lowest BCUT2D eigenvalue weighted by atomic mass is 10.1. The summed E-state index contributed by atoms with van der Waals surface area (Å²) in [5.41, 5.74) is 1.67. The Morgan fingerprint density at radius 2 is 1.86 bits per heavy atom. The first kappa shape index (κ1) is 17.4. The third-order valence-corrected chi connectivity index (χ3v) is 3.24. The van der Waals surface area contributed by atoms with Crippen molar-refractivity contribution in [2.45, 2.75) is 13.0 Å². The first-order chi connectivity index (χ1) is 10.2. The molecule has 0 radical (unpaired) electrons. The van der Waals surface area contributed by atoms with Gasteiger partial charge in [-0.15, -0.1) is 0 Å². The zero-order valence-corrected chi connectivity index (χ0v) is 13.1. The molecule has 0 aliphatic rings. The van der Waals surface area contributed by atoms with Crippen LogP contribution >= 0.6 is 0 Å². The average molecular weight is 292 g/mol. The summed E-state index contributed by atoms with van der Waals surface area (Å²) in [6.07, 6.45) is 0.959. The molecule has 0 bridgehead atoms. The van der Waals surface area contributed by atoms with Gasteiger partial charge in [-0.3, -0.25) is 4.90 Å². The molecule has 0 aliphatic carbocycles. The standard InChI is InChI=1S/C16H24N2O3/c1-19-9-4-7-18(8-10-20-2)13-15-11-14(12-17)5-6-16(15)21-3/h5-6,11H,4,7-10,13H2,1-3H3. The van der Waals surface area contributed by atoms with Gasteiger partial charge in [-0.05, 0) is 24.6 Å². The highest BCUT2D eigenvalue weighted by molar-refractivity contribution is 5.42. The summed E-state index contributed by atoms with van der Waals surface area (Å²) in [4.78, 5) is 2.28. The molecule has 1 aromatic rings. The van der Waals surface area contributed by atoms with Crippen molar-refractivity contribution in [3.05, 3.63) is 29.3 Å². The molecule has 5 nitrogen and oxygen atoms in total. The van der Waals surface area contributed by atoms with Crippen LogP contribution in [0.3, 0.4) is 0 Å². The minimum atomic E-state index is 0.648. The number of ether oxygens (including phenoxy) is 3. The second-order valence-corrected chi connectivity index (χ2v) is 4.75. The van der Waals surface area contributed by atoms with E-state index in [0.29, 0.717) is 12.2 Å². The molecule has 0 N–H and O–H groups in total. The van der Waals surface area contributed by atoms with Crippen molar-refractivity contribution in [3.8, 4) is 11.8 Å². The Kier molecular flexibility index (Phi) is 8.44. The molecule has 5 heteroatoms. The number of rotatable bonds is 10. The van der Waals surface area contributed by atoms with Gasteiger partial charge in [0.15, 0.2) is 0 Å². The van der Waals surface area contributed by atoms with Gasteiger partial charge in [0, 0.05) is 46.0 Å². The predicted molar refractivity (Wildman–Crippen MR) is 81.4 cm³/mol. The maximum atomic E-state index is 9.03. The lowest BCUT2D eigenvalue weighted by Crippen LogP contribution is -2.29. The van der Waals surface area contributed by atoms with Crippen LogP contribution in [0.1, 0.15) is 17.5 Å². The van der Waals surface area contributed by atoms with Crippen LogP contribution in [0.25, 0.3) is 0 Å². The zero-order valence-electron chi connectivity index (χ0n) is 13.1. The maximum Gasteiger partial charge on any atom is 0.123 e. The van der Waals surface area contributed by atoms with Crippen molar-refractivity contribution >= 4 is 0 Å². The molecule has 0 saturated heterocycles. The third-order valence-electron chi connectivity index (χ3n) is 3.24. The minimum absolute atomic E-state index is 0.648. The Labute approximate surface area is 127 Å². The van der Waals surface area contributed by atoms with Crippen LogP contribution in [0.5, 0.6) is 5.75 Å². The number of hydrogen-bond acceptors (Lipinski definition) is 5. The normalized spacial score (nSPS) is 10.6. The maximum absolute atomic E-state index is 9.03. The van der Waals surface area contributed by atoms with E-state index in [1.54, 1.807) is 27.4 Å². The van der Waals surface area contributed by atoms with E-state index in [0.717, 1.165) is 44.0 Å². The first-order valence-corrected chi connectivity index (χ1v) is 7.02. The number of methoxy groups -OCH3 is 3. The Morgan fingerprint density at radius 3 is 2.48 bits per heavy atom. The molecule has 116 valence electrons. The Balaban J connectivity index is 2.77. The van der Waals surface area contributed by atoms with Crippen LogP contribution in [-0.2, 0) is 16.0 Å². The number of benzene rings is 1. The molecule has 0 saturated carbocycles. The van der Waals surface area contributed by atoms with Crippen molar-refractivity contribution in [3.63, 3.8) is 0 Å². The van der Waals surface area contributed by atoms with Gasteiger partial charge in [-0.1, -0.05) is 0 Å². The Hall–Kier alpha value is -1.61. The Morgan fingerprint density at radius 1 is 1.10 bits per heavy atom. The van der Waals surface area contributed by atoms with Gasteiger partial charge in [-0.25, -0.2) is 0 Å². The van der Waals surface area contributed by atoms with E-state index in [9.17, 15) is 0 Å². The number of hydrogen-bond donors (Lipinski definition) is 0. The van der Waals surface area contributed by atoms with E-state index in [-0.39, 0.29) is 0 Å². The Bertz CT molecular complexity index is 457. The molecular formula is C16H24N2O3. The molecule has 0 aromatic heterocycles. The highest BCUT2D eigenvalue weighted by Crippen LogP contribution is 2.21. The van der Waals surface area contributed by atoms with E-state index in [1.807, 2.05) is 12.1 Å². The van der Waals surface area contributed by atoms with E-state index >= 15 is 0 Å². The predicted octanol–water partition coefficient (Wildman–Crippen LogP) is 2.05. The fraction of sp³-hybridized carbons (Fsp3) is 0.562. The smallest absolute Gasteiger partial charge is 0.123 e. The topological polar surface area (TPSA) is 54.7 Å². The molecule has 0 atom stereocenters. The largest absolute Gasteiger partial charge is 0.496 e. The van der Waals surface area contributed by atoms with Gasteiger partial charge >= 0.3 is 0 Å². The zero-order chi connectivity index (χ0) is 15.5. The molecule has 0 fully saturated rings. The molecule has 0 heterocycles. The summed E-state index contributed by atoms with van der Waals surface area (Å²) in [6, 6.07) is 7.67. The summed E-state index contributed by atoms with van der Waals surface area (Å²) in [5.74, 6) is 0.808. The van der Waals surface area contributed by atoms with E-state index in [4.69, 9.17) is 19.5 Å². The van der Waals surface area contributed by atoms with Crippen LogP contribution in [0.15, 0.2) is 18.2 Å². The van der Waals surface area contributed by atoms with Crippen LogP contribution in [0, 0.1) is 11.3 Å². The number of nitrogens with zero attached hydrogens (tertiary/aromatic N) is 2. The SMILES string of the molecule is COCCCN(CCOC)Cc1cc(C#N)ccc1OC. The summed E-state index contributed by atoms with van der Waals surface area (Å²) >= 11 is 0. The van der Waals surface area contributed by atoms with Crippen molar-refractivity contribution < 1.29 is 14.2 Å². The second-order valence-electron chi connectivity index (χ2n) is 4.75. The van der Waals surface area contributed by atoms with E-state index in [1.165, 1.54) is 0 Å². The summed E-state index contributed by atoms with van der Waals surface area (Å²) < 4.78 is 15.6. The quantitative estimate of drug-likeness (QED) is 0.618. The molecule has 0 spiro atoms. The van der Waals surface area contributed by atoms with Gasteiger partial charge in [0.05, 0.1) is 25.3 Å².